The first-order valence-electron chi connectivity index (χ1n) is 7.79. The van der Waals surface area contributed by atoms with E-state index in [0.29, 0.717) is 6.04 Å². The lowest BCUT2D eigenvalue weighted by molar-refractivity contribution is 0.455. The van der Waals surface area contributed by atoms with Crippen molar-refractivity contribution in [3.63, 3.8) is 0 Å². The van der Waals surface area contributed by atoms with Crippen molar-refractivity contribution in [3.8, 4) is 0 Å². The number of benzene rings is 1. The van der Waals surface area contributed by atoms with Crippen LogP contribution in [0.4, 0.5) is 0 Å². The van der Waals surface area contributed by atoms with E-state index in [1.54, 1.807) is 0 Å². The van der Waals surface area contributed by atoms with Crippen molar-refractivity contribution < 1.29 is 0 Å². The molecule has 1 aliphatic carbocycles. The molecule has 1 N–H and O–H groups in total. The summed E-state index contributed by atoms with van der Waals surface area (Å²) in [5, 5.41) is 6.33. The molecule has 0 amide bonds. The zero-order valence-electron chi connectivity index (χ0n) is 12.5. The maximum atomic E-state index is 4.33. The Kier molecular flexibility index (Phi) is 3.75. The number of fused-ring (bicyclic) bond motifs is 1. The molecule has 2 heteroatoms. The Morgan fingerprint density at radius 1 is 1.35 bits per heavy atom. The highest BCUT2D eigenvalue weighted by molar-refractivity contribution is 5.85. The van der Waals surface area contributed by atoms with E-state index >= 15 is 0 Å². The Bertz CT molecular complexity index is 587. The minimum Gasteiger partial charge on any atom is -0.314 e. The number of hydrogen-bond donors (Lipinski definition) is 1. The fourth-order valence-electron chi connectivity index (χ4n) is 3.65. The molecular weight excluding hydrogens is 244 g/mol. The second kappa shape index (κ2) is 5.53. The molecule has 1 aliphatic rings. The van der Waals surface area contributed by atoms with E-state index in [1.807, 2.05) is 12.4 Å². The predicted molar refractivity (Wildman–Crippen MR) is 85.0 cm³/mol. The van der Waals surface area contributed by atoms with Gasteiger partial charge in [-0.25, -0.2) is 0 Å². The van der Waals surface area contributed by atoms with E-state index in [2.05, 4.69) is 48.4 Å². The molecule has 0 spiro atoms. The summed E-state index contributed by atoms with van der Waals surface area (Å²) < 4.78 is 0. The normalized spacial score (nSPS) is 26.2. The third kappa shape index (κ3) is 2.45. The number of pyridine rings is 1. The quantitative estimate of drug-likeness (QED) is 0.905. The van der Waals surface area contributed by atoms with E-state index in [9.17, 15) is 0 Å². The standard InChI is InChI=1S/C18H24N2/c1-3-10-20-15-7-9-18(2,12-15)17-6-4-5-14-8-11-19-13-16(14)17/h4-6,8,11,13,15,20H,3,7,9-10,12H2,1-2H3. The molecular formula is C18H24N2. The Labute approximate surface area is 121 Å². The van der Waals surface area contributed by atoms with Gasteiger partial charge in [0.25, 0.3) is 0 Å². The molecule has 2 atom stereocenters. The Balaban J connectivity index is 1.91. The third-order valence-corrected chi connectivity index (χ3v) is 4.76. The summed E-state index contributed by atoms with van der Waals surface area (Å²) in [5.41, 5.74) is 1.76. The highest BCUT2D eigenvalue weighted by Crippen LogP contribution is 2.43. The second-order valence-electron chi connectivity index (χ2n) is 6.36. The number of nitrogens with one attached hydrogen (secondary N) is 1. The van der Waals surface area contributed by atoms with Crippen molar-refractivity contribution in [3.05, 3.63) is 42.2 Å². The van der Waals surface area contributed by atoms with Crippen LogP contribution in [-0.2, 0) is 5.41 Å². The van der Waals surface area contributed by atoms with Crippen LogP contribution in [0.5, 0.6) is 0 Å². The predicted octanol–water partition coefficient (Wildman–Crippen LogP) is 4.04. The Morgan fingerprint density at radius 3 is 3.10 bits per heavy atom. The monoisotopic (exact) mass is 268 g/mol. The summed E-state index contributed by atoms with van der Waals surface area (Å²) in [7, 11) is 0. The zero-order valence-corrected chi connectivity index (χ0v) is 12.5. The second-order valence-corrected chi connectivity index (χ2v) is 6.36. The number of hydrogen-bond acceptors (Lipinski definition) is 2. The third-order valence-electron chi connectivity index (χ3n) is 4.76. The van der Waals surface area contributed by atoms with E-state index in [1.165, 1.54) is 42.0 Å². The van der Waals surface area contributed by atoms with Gasteiger partial charge in [0.1, 0.15) is 0 Å². The molecule has 0 radical (unpaired) electrons. The summed E-state index contributed by atoms with van der Waals surface area (Å²) in [6, 6.07) is 9.46. The van der Waals surface area contributed by atoms with Crippen LogP contribution in [-0.4, -0.2) is 17.6 Å². The molecule has 1 aromatic heterocycles. The summed E-state index contributed by atoms with van der Waals surface area (Å²) in [4.78, 5) is 4.33. The molecule has 1 saturated carbocycles. The van der Waals surface area contributed by atoms with Crippen molar-refractivity contribution in [2.24, 2.45) is 0 Å². The number of aromatic nitrogens is 1. The van der Waals surface area contributed by atoms with Crippen LogP contribution in [0.1, 0.15) is 45.1 Å². The van der Waals surface area contributed by atoms with Crippen LogP contribution in [0.15, 0.2) is 36.7 Å². The molecule has 0 saturated heterocycles. The topological polar surface area (TPSA) is 24.9 Å². The average Bonchev–Trinajstić information content (AvgIpc) is 2.87. The fraction of sp³-hybridized carbons (Fsp3) is 0.500. The minimum atomic E-state index is 0.286. The van der Waals surface area contributed by atoms with E-state index in [-0.39, 0.29) is 5.41 Å². The first kappa shape index (κ1) is 13.6. The van der Waals surface area contributed by atoms with Gasteiger partial charge in [-0.1, -0.05) is 32.0 Å². The fourth-order valence-corrected chi connectivity index (χ4v) is 3.65. The maximum Gasteiger partial charge on any atom is 0.0349 e. The molecule has 1 fully saturated rings. The van der Waals surface area contributed by atoms with E-state index < -0.39 is 0 Å². The molecule has 1 aromatic carbocycles. The molecule has 106 valence electrons. The van der Waals surface area contributed by atoms with Gasteiger partial charge in [-0.2, -0.15) is 0 Å². The van der Waals surface area contributed by atoms with Crippen LogP contribution < -0.4 is 5.32 Å². The van der Waals surface area contributed by atoms with Gasteiger partial charge in [-0.3, -0.25) is 4.98 Å². The van der Waals surface area contributed by atoms with Crippen molar-refractivity contribution in [2.45, 2.75) is 51.0 Å². The molecule has 2 aromatic rings. The highest BCUT2D eigenvalue weighted by atomic mass is 14.9. The van der Waals surface area contributed by atoms with Gasteiger partial charge in [0.15, 0.2) is 0 Å². The molecule has 0 bridgehead atoms. The van der Waals surface area contributed by atoms with Crippen molar-refractivity contribution >= 4 is 10.8 Å². The Morgan fingerprint density at radius 2 is 2.25 bits per heavy atom. The van der Waals surface area contributed by atoms with Gasteiger partial charge < -0.3 is 5.32 Å². The summed E-state index contributed by atoms with van der Waals surface area (Å²) >= 11 is 0. The van der Waals surface area contributed by atoms with Crippen LogP contribution in [0.25, 0.3) is 10.8 Å². The van der Waals surface area contributed by atoms with Gasteiger partial charge in [0, 0.05) is 23.8 Å². The summed E-state index contributed by atoms with van der Waals surface area (Å²) in [6.07, 6.45) is 8.92. The van der Waals surface area contributed by atoms with Gasteiger partial charge in [0.05, 0.1) is 0 Å². The first-order valence-corrected chi connectivity index (χ1v) is 7.79. The van der Waals surface area contributed by atoms with Crippen molar-refractivity contribution in [2.75, 3.05) is 6.54 Å². The summed E-state index contributed by atoms with van der Waals surface area (Å²) in [5.74, 6) is 0. The zero-order chi connectivity index (χ0) is 14.0. The van der Waals surface area contributed by atoms with Gasteiger partial charge in [-0.05, 0) is 54.7 Å². The molecule has 2 unspecified atom stereocenters. The van der Waals surface area contributed by atoms with Crippen LogP contribution in [0.3, 0.4) is 0 Å². The van der Waals surface area contributed by atoms with Gasteiger partial charge in [0.2, 0.25) is 0 Å². The highest BCUT2D eigenvalue weighted by Gasteiger charge is 2.37. The lowest BCUT2D eigenvalue weighted by atomic mass is 9.79. The lowest BCUT2D eigenvalue weighted by Gasteiger charge is -2.26. The number of nitrogens with zero attached hydrogens (tertiary/aromatic N) is 1. The SMILES string of the molecule is CCCNC1CCC(C)(c2cccc3ccncc23)C1. The molecule has 1 heterocycles. The lowest BCUT2D eigenvalue weighted by Crippen LogP contribution is -2.29. The van der Waals surface area contributed by atoms with E-state index in [4.69, 9.17) is 0 Å². The largest absolute Gasteiger partial charge is 0.314 e. The average molecular weight is 268 g/mol. The van der Waals surface area contributed by atoms with Crippen LogP contribution >= 0.6 is 0 Å². The van der Waals surface area contributed by atoms with Crippen molar-refractivity contribution in [1.29, 1.82) is 0 Å². The molecule has 0 aliphatic heterocycles. The maximum absolute atomic E-state index is 4.33. The first-order chi connectivity index (χ1) is 9.73. The smallest absolute Gasteiger partial charge is 0.0349 e. The van der Waals surface area contributed by atoms with Crippen LogP contribution in [0, 0.1) is 0 Å². The molecule has 3 rings (SSSR count). The van der Waals surface area contributed by atoms with E-state index in [0.717, 1.165) is 6.54 Å². The van der Waals surface area contributed by atoms with Gasteiger partial charge >= 0.3 is 0 Å². The van der Waals surface area contributed by atoms with Crippen molar-refractivity contribution in [1.82, 2.24) is 10.3 Å². The minimum absolute atomic E-state index is 0.286. The van der Waals surface area contributed by atoms with Gasteiger partial charge in [-0.15, -0.1) is 0 Å². The number of rotatable bonds is 4. The summed E-state index contributed by atoms with van der Waals surface area (Å²) in [6.45, 7) is 5.79. The van der Waals surface area contributed by atoms with Crippen LogP contribution in [0.2, 0.25) is 0 Å². The Hall–Kier alpha value is -1.41. The molecule has 2 nitrogen and oxygen atoms in total. The molecule has 20 heavy (non-hydrogen) atoms.